The van der Waals surface area contributed by atoms with E-state index in [4.69, 9.17) is 5.26 Å². The minimum Gasteiger partial charge on any atom is -0.375 e. The summed E-state index contributed by atoms with van der Waals surface area (Å²) < 4.78 is 38.0. The van der Waals surface area contributed by atoms with Gasteiger partial charge >= 0.3 is 6.18 Å². The van der Waals surface area contributed by atoms with Gasteiger partial charge in [0.25, 0.3) is 0 Å². The molecule has 0 spiro atoms. The molecule has 0 heterocycles. The SMILES string of the molecule is Cc1ccc(C(O)(CC#N)C(F)(F)F)cc1. The molecule has 0 fully saturated rings. The maximum atomic E-state index is 12.7. The number of hydrogen-bond acceptors (Lipinski definition) is 2. The molecule has 1 aromatic carbocycles. The molecular weight excluding hydrogens is 219 g/mol. The molecule has 0 saturated carbocycles. The minimum absolute atomic E-state index is 0.313. The first-order chi connectivity index (χ1) is 7.31. The van der Waals surface area contributed by atoms with Crippen molar-refractivity contribution in [1.82, 2.24) is 0 Å². The Bertz CT molecular complexity index is 405. The number of aliphatic hydroxyl groups is 1. The van der Waals surface area contributed by atoms with E-state index in [1.807, 2.05) is 0 Å². The maximum Gasteiger partial charge on any atom is 0.422 e. The molecule has 0 saturated heterocycles. The topological polar surface area (TPSA) is 44.0 Å². The summed E-state index contributed by atoms with van der Waals surface area (Å²) in [4.78, 5) is 0. The Morgan fingerprint density at radius 2 is 1.75 bits per heavy atom. The zero-order valence-corrected chi connectivity index (χ0v) is 8.54. The third-order valence-electron chi connectivity index (χ3n) is 2.33. The lowest BCUT2D eigenvalue weighted by molar-refractivity contribution is -0.264. The molecule has 1 aromatic rings. The number of nitrogens with zero attached hydrogens (tertiary/aromatic N) is 1. The van der Waals surface area contributed by atoms with E-state index in [1.165, 1.54) is 30.3 Å². The Kier molecular flexibility index (Phi) is 3.24. The first-order valence-corrected chi connectivity index (χ1v) is 4.54. The lowest BCUT2D eigenvalue weighted by atomic mass is 9.90. The zero-order valence-electron chi connectivity index (χ0n) is 8.54. The smallest absolute Gasteiger partial charge is 0.375 e. The van der Waals surface area contributed by atoms with Crippen molar-refractivity contribution in [3.8, 4) is 6.07 Å². The van der Waals surface area contributed by atoms with Crippen molar-refractivity contribution >= 4 is 0 Å². The van der Waals surface area contributed by atoms with Crippen molar-refractivity contribution < 1.29 is 18.3 Å². The molecule has 16 heavy (non-hydrogen) atoms. The summed E-state index contributed by atoms with van der Waals surface area (Å²) >= 11 is 0. The van der Waals surface area contributed by atoms with Crippen LogP contribution >= 0.6 is 0 Å². The molecule has 86 valence electrons. The van der Waals surface area contributed by atoms with E-state index >= 15 is 0 Å². The van der Waals surface area contributed by atoms with Gasteiger partial charge in [-0.2, -0.15) is 18.4 Å². The van der Waals surface area contributed by atoms with Gasteiger partial charge in [-0.15, -0.1) is 0 Å². The molecule has 5 heteroatoms. The molecule has 0 aliphatic heterocycles. The number of alkyl halides is 3. The van der Waals surface area contributed by atoms with E-state index in [1.54, 1.807) is 6.92 Å². The van der Waals surface area contributed by atoms with Crippen LogP contribution in [0.15, 0.2) is 24.3 Å². The number of halogens is 3. The van der Waals surface area contributed by atoms with Crippen LogP contribution in [0.1, 0.15) is 17.5 Å². The van der Waals surface area contributed by atoms with Crippen molar-refractivity contribution in [1.29, 1.82) is 5.26 Å². The Morgan fingerprint density at radius 3 is 2.12 bits per heavy atom. The van der Waals surface area contributed by atoms with Gasteiger partial charge in [0.2, 0.25) is 0 Å². The highest BCUT2D eigenvalue weighted by Gasteiger charge is 2.54. The van der Waals surface area contributed by atoms with Crippen LogP contribution in [0.4, 0.5) is 13.2 Å². The second kappa shape index (κ2) is 4.14. The predicted molar refractivity (Wildman–Crippen MR) is 51.4 cm³/mol. The second-order valence-electron chi connectivity index (χ2n) is 3.56. The summed E-state index contributed by atoms with van der Waals surface area (Å²) in [6.45, 7) is 1.72. The van der Waals surface area contributed by atoms with E-state index in [2.05, 4.69) is 0 Å². The lowest BCUT2D eigenvalue weighted by Crippen LogP contribution is -2.41. The van der Waals surface area contributed by atoms with Crippen molar-refractivity contribution in [3.05, 3.63) is 35.4 Å². The second-order valence-corrected chi connectivity index (χ2v) is 3.56. The van der Waals surface area contributed by atoms with E-state index < -0.39 is 18.2 Å². The molecule has 0 radical (unpaired) electrons. The van der Waals surface area contributed by atoms with Crippen LogP contribution in [-0.2, 0) is 5.60 Å². The molecule has 0 aliphatic rings. The molecule has 0 aromatic heterocycles. The third kappa shape index (κ3) is 2.17. The van der Waals surface area contributed by atoms with Crippen LogP contribution in [0.25, 0.3) is 0 Å². The summed E-state index contributed by atoms with van der Waals surface area (Å²) in [6, 6.07) is 6.64. The van der Waals surface area contributed by atoms with Crippen LogP contribution < -0.4 is 0 Å². The van der Waals surface area contributed by atoms with E-state index in [9.17, 15) is 18.3 Å². The van der Waals surface area contributed by atoms with Gasteiger partial charge in [0, 0.05) is 0 Å². The van der Waals surface area contributed by atoms with Crippen molar-refractivity contribution in [2.75, 3.05) is 0 Å². The monoisotopic (exact) mass is 229 g/mol. The quantitative estimate of drug-likeness (QED) is 0.847. The van der Waals surface area contributed by atoms with E-state index in [0.717, 1.165) is 5.56 Å². The fraction of sp³-hybridized carbons (Fsp3) is 0.364. The summed E-state index contributed by atoms with van der Waals surface area (Å²) in [7, 11) is 0. The average Bonchev–Trinajstić information content (AvgIpc) is 2.17. The van der Waals surface area contributed by atoms with Gasteiger partial charge in [-0.25, -0.2) is 0 Å². The number of benzene rings is 1. The Morgan fingerprint density at radius 1 is 1.25 bits per heavy atom. The highest BCUT2D eigenvalue weighted by Crippen LogP contribution is 2.41. The van der Waals surface area contributed by atoms with Crippen LogP contribution in [0.2, 0.25) is 0 Å². The van der Waals surface area contributed by atoms with Gasteiger partial charge in [0.15, 0.2) is 5.60 Å². The van der Waals surface area contributed by atoms with Crippen LogP contribution in [-0.4, -0.2) is 11.3 Å². The van der Waals surface area contributed by atoms with E-state index in [0.29, 0.717) is 0 Å². The maximum absolute atomic E-state index is 12.7. The normalized spacial score (nSPS) is 15.2. The largest absolute Gasteiger partial charge is 0.422 e. The predicted octanol–water partition coefficient (Wildman–Crippen LogP) is 2.66. The molecular formula is C11H10F3NO. The van der Waals surface area contributed by atoms with Gasteiger partial charge in [0.1, 0.15) is 0 Å². The van der Waals surface area contributed by atoms with Crippen LogP contribution in [0, 0.1) is 18.3 Å². The summed E-state index contributed by atoms with van der Waals surface area (Å²) in [5, 5.41) is 17.9. The standard InChI is InChI=1S/C11H10F3NO/c1-8-2-4-9(5-3-8)10(16,6-7-15)11(12,13)14/h2-5,16H,6H2,1H3. The van der Waals surface area contributed by atoms with Gasteiger partial charge in [-0.1, -0.05) is 29.8 Å². The average molecular weight is 229 g/mol. The third-order valence-corrected chi connectivity index (χ3v) is 2.33. The first kappa shape index (κ1) is 12.5. The number of rotatable bonds is 2. The molecule has 0 bridgehead atoms. The Hall–Kier alpha value is -1.54. The van der Waals surface area contributed by atoms with Gasteiger partial charge in [-0.05, 0) is 12.5 Å². The van der Waals surface area contributed by atoms with Gasteiger partial charge in [-0.3, -0.25) is 0 Å². The molecule has 1 rings (SSSR count). The van der Waals surface area contributed by atoms with Crippen LogP contribution in [0.3, 0.4) is 0 Å². The van der Waals surface area contributed by atoms with E-state index in [-0.39, 0.29) is 5.56 Å². The lowest BCUT2D eigenvalue weighted by Gasteiger charge is -2.28. The first-order valence-electron chi connectivity index (χ1n) is 4.54. The Labute approximate surface area is 90.9 Å². The fourth-order valence-electron chi connectivity index (χ4n) is 1.31. The summed E-state index contributed by atoms with van der Waals surface area (Å²) in [5.74, 6) is 0. The van der Waals surface area contributed by atoms with Gasteiger partial charge < -0.3 is 5.11 Å². The highest BCUT2D eigenvalue weighted by molar-refractivity contribution is 5.28. The molecule has 0 aliphatic carbocycles. The Balaban J connectivity index is 3.23. The number of aryl methyl sites for hydroxylation is 1. The number of hydrogen-bond donors (Lipinski definition) is 1. The summed E-state index contributed by atoms with van der Waals surface area (Å²) in [5.41, 5.74) is -2.62. The molecule has 0 amide bonds. The van der Waals surface area contributed by atoms with Crippen molar-refractivity contribution in [2.45, 2.75) is 25.1 Å². The van der Waals surface area contributed by atoms with Crippen LogP contribution in [0.5, 0.6) is 0 Å². The zero-order chi connectivity index (χ0) is 12.4. The molecule has 1 unspecified atom stereocenters. The highest BCUT2D eigenvalue weighted by atomic mass is 19.4. The van der Waals surface area contributed by atoms with Crippen molar-refractivity contribution in [3.63, 3.8) is 0 Å². The molecule has 1 atom stereocenters. The number of nitriles is 1. The molecule has 1 N–H and O–H groups in total. The molecule has 2 nitrogen and oxygen atoms in total. The van der Waals surface area contributed by atoms with Gasteiger partial charge in [0.05, 0.1) is 12.5 Å². The van der Waals surface area contributed by atoms with Crippen molar-refractivity contribution in [2.24, 2.45) is 0 Å². The summed E-state index contributed by atoms with van der Waals surface area (Å²) in [6.07, 6.45) is -5.88. The fourth-order valence-corrected chi connectivity index (χ4v) is 1.31. The minimum atomic E-state index is -4.86.